The predicted molar refractivity (Wildman–Crippen MR) is 103 cm³/mol. The molecule has 1 N–H and O–H groups in total. The summed E-state index contributed by atoms with van der Waals surface area (Å²) in [5, 5.41) is 2.84. The maximum Gasteiger partial charge on any atom is 0.241 e. The first-order valence-corrected chi connectivity index (χ1v) is 10.0. The van der Waals surface area contributed by atoms with Crippen molar-refractivity contribution in [2.24, 2.45) is 0 Å². The van der Waals surface area contributed by atoms with Gasteiger partial charge in [0, 0.05) is 6.07 Å². The minimum atomic E-state index is -3.63. The summed E-state index contributed by atoms with van der Waals surface area (Å²) in [5.41, 5.74) is 2.47. The van der Waals surface area contributed by atoms with Gasteiger partial charge in [0.25, 0.3) is 0 Å². The Hall–Kier alpha value is -2.54. The molecule has 0 heterocycles. The van der Waals surface area contributed by atoms with Gasteiger partial charge in [0.15, 0.2) is 0 Å². The molecule has 2 aromatic rings. The van der Waals surface area contributed by atoms with E-state index in [0.29, 0.717) is 11.4 Å². The second kappa shape index (κ2) is 8.23. The maximum atomic E-state index is 12.4. The molecule has 1 amide bonds. The normalized spacial score (nSPS) is 12.3. The van der Waals surface area contributed by atoms with E-state index >= 15 is 0 Å². The summed E-state index contributed by atoms with van der Waals surface area (Å²) in [7, 11) is -2.13. The van der Waals surface area contributed by atoms with Crippen molar-refractivity contribution < 1.29 is 17.9 Å². The van der Waals surface area contributed by atoms with Crippen molar-refractivity contribution in [1.29, 1.82) is 0 Å². The standard InChI is InChI=1S/C19H24N2O4S/c1-14-8-10-16(11-9-14)15(2)20-19(22)13-21(26(4,23)24)17-6-5-7-18(12-17)25-3/h5-12,15H,13H2,1-4H3,(H,20,22). The van der Waals surface area contributed by atoms with Crippen LogP contribution in [0.25, 0.3) is 0 Å². The number of carbonyl (C=O) groups excluding carboxylic acids is 1. The highest BCUT2D eigenvalue weighted by Gasteiger charge is 2.22. The molecular weight excluding hydrogens is 352 g/mol. The zero-order valence-electron chi connectivity index (χ0n) is 15.4. The second-order valence-corrected chi connectivity index (χ2v) is 8.08. The Morgan fingerprint density at radius 3 is 2.42 bits per heavy atom. The van der Waals surface area contributed by atoms with Crippen molar-refractivity contribution in [3.8, 4) is 5.75 Å². The first kappa shape index (κ1) is 19.8. The maximum absolute atomic E-state index is 12.4. The summed E-state index contributed by atoms with van der Waals surface area (Å²) in [5.74, 6) is 0.135. The first-order valence-electron chi connectivity index (χ1n) is 8.18. The molecule has 0 saturated carbocycles. The molecule has 7 heteroatoms. The van der Waals surface area contributed by atoms with Crippen LogP contribution in [0, 0.1) is 6.92 Å². The van der Waals surface area contributed by atoms with E-state index in [9.17, 15) is 13.2 Å². The molecule has 0 aliphatic carbocycles. The molecule has 140 valence electrons. The molecule has 6 nitrogen and oxygen atoms in total. The van der Waals surface area contributed by atoms with Gasteiger partial charge in [0.2, 0.25) is 15.9 Å². The molecule has 0 fully saturated rings. The summed E-state index contributed by atoms with van der Waals surface area (Å²) < 4.78 is 30.5. The third kappa shape index (κ3) is 5.23. The van der Waals surface area contributed by atoms with Crippen LogP contribution >= 0.6 is 0 Å². The van der Waals surface area contributed by atoms with Crippen molar-refractivity contribution in [3.63, 3.8) is 0 Å². The van der Waals surface area contributed by atoms with Gasteiger partial charge in [-0.05, 0) is 31.5 Å². The Morgan fingerprint density at radius 1 is 1.19 bits per heavy atom. The van der Waals surface area contributed by atoms with Crippen LogP contribution in [0.2, 0.25) is 0 Å². The monoisotopic (exact) mass is 376 g/mol. The lowest BCUT2D eigenvalue weighted by atomic mass is 10.1. The Bertz CT molecular complexity index is 863. The van der Waals surface area contributed by atoms with Crippen LogP contribution in [0.1, 0.15) is 24.1 Å². The molecule has 0 radical (unpaired) electrons. The third-order valence-electron chi connectivity index (χ3n) is 3.98. The van der Waals surface area contributed by atoms with Crippen molar-refractivity contribution >= 4 is 21.6 Å². The average Bonchev–Trinajstić information content (AvgIpc) is 2.59. The Morgan fingerprint density at radius 2 is 1.85 bits per heavy atom. The number of anilines is 1. The Balaban J connectivity index is 2.15. The minimum absolute atomic E-state index is 0.227. The first-order chi connectivity index (χ1) is 12.2. The zero-order chi connectivity index (χ0) is 19.3. The fourth-order valence-electron chi connectivity index (χ4n) is 2.52. The van der Waals surface area contributed by atoms with Crippen LogP contribution < -0.4 is 14.4 Å². The van der Waals surface area contributed by atoms with Crippen molar-refractivity contribution in [2.45, 2.75) is 19.9 Å². The lowest BCUT2D eigenvalue weighted by Crippen LogP contribution is -2.41. The highest BCUT2D eigenvalue weighted by atomic mass is 32.2. The second-order valence-electron chi connectivity index (χ2n) is 6.17. The van der Waals surface area contributed by atoms with Crippen LogP contribution in [0.4, 0.5) is 5.69 Å². The number of amides is 1. The van der Waals surface area contributed by atoms with E-state index in [4.69, 9.17) is 4.74 Å². The molecule has 2 rings (SSSR count). The van der Waals surface area contributed by atoms with Crippen LogP contribution in [0.3, 0.4) is 0 Å². The van der Waals surface area contributed by atoms with Gasteiger partial charge in [-0.1, -0.05) is 35.9 Å². The third-order valence-corrected chi connectivity index (χ3v) is 5.12. The number of nitrogens with one attached hydrogen (secondary N) is 1. The SMILES string of the molecule is COc1cccc(N(CC(=O)NC(C)c2ccc(C)cc2)S(C)(=O)=O)c1. The van der Waals surface area contributed by atoms with Crippen molar-refractivity contribution in [1.82, 2.24) is 5.32 Å². The molecule has 0 aliphatic heterocycles. The van der Waals surface area contributed by atoms with Gasteiger partial charge in [-0.25, -0.2) is 8.42 Å². The fraction of sp³-hybridized carbons (Fsp3) is 0.316. The van der Waals surface area contributed by atoms with Crippen molar-refractivity contribution in [3.05, 3.63) is 59.7 Å². The van der Waals surface area contributed by atoms with Gasteiger partial charge in [0.05, 0.1) is 25.1 Å². The number of ether oxygens (including phenoxy) is 1. The Labute approximate surface area is 154 Å². The predicted octanol–water partition coefficient (Wildman–Crippen LogP) is 2.65. The number of sulfonamides is 1. The lowest BCUT2D eigenvalue weighted by molar-refractivity contribution is -0.120. The van der Waals surface area contributed by atoms with Gasteiger partial charge in [-0.2, -0.15) is 0 Å². The number of carbonyl (C=O) groups is 1. The molecule has 0 bridgehead atoms. The van der Waals surface area contributed by atoms with Gasteiger partial charge in [-0.15, -0.1) is 0 Å². The summed E-state index contributed by atoms with van der Waals surface area (Å²) in [4.78, 5) is 12.4. The molecule has 1 unspecified atom stereocenters. The van der Waals surface area contributed by atoms with E-state index in [1.807, 2.05) is 38.1 Å². The number of benzene rings is 2. The quantitative estimate of drug-likeness (QED) is 0.806. The van der Waals surface area contributed by atoms with Crippen LogP contribution in [-0.2, 0) is 14.8 Å². The molecule has 1 atom stereocenters. The summed E-state index contributed by atoms with van der Waals surface area (Å²) in [6, 6.07) is 14.2. The van der Waals surface area contributed by atoms with Crippen LogP contribution in [0.5, 0.6) is 5.75 Å². The number of nitrogens with zero attached hydrogens (tertiary/aromatic N) is 1. The van der Waals surface area contributed by atoms with Crippen molar-refractivity contribution in [2.75, 3.05) is 24.2 Å². The Kier molecular flexibility index (Phi) is 6.26. The highest BCUT2D eigenvalue weighted by molar-refractivity contribution is 7.92. The van der Waals surface area contributed by atoms with Crippen LogP contribution in [0.15, 0.2) is 48.5 Å². The summed E-state index contributed by atoms with van der Waals surface area (Å²) >= 11 is 0. The summed E-state index contributed by atoms with van der Waals surface area (Å²) in [6.07, 6.45) is 1.07. The van der Waals surface area contributed by atoms with Gasteiger partial charge in [0.1, 0.15) is 12.3 Å². The van der Waals surface area contributed by atoms with E-state index in [2.05, 4.69) is 5.32 Å². The lowest BCUT2D eigenvalue weighted by Gasteiger charge is -2.23. The fourth-order valence-corrected chi connectivity index (χ4v) is 3.37. The summed E-state index contributed by atoms with van der Waals surface area (Å²) in [6.45, 7) is 3.55. The molecule has 0 spiro atoms. The average molecular weight is 376 g/mol. The van der Waals surface area contributed by atoms with E-state index in [0.717, 1.165) is 21.7 Å². The van der Waals surface area contributed by atoms with Gasteiger partial charge in [-0.3, -0.25) is 9.10 Å². The largest absolute Gasteiger partial charge is 0.497 e. The van der Waals surface area contributed by atoms with E-state index < -0.39 is 10.0 Å². The topological polar surface area (TPSA) is 75.7 Å². The van der Waals surface area contributed by atoms with E-state index in [-0.39, 0.29) is 18.5 Å². The van der Waals surface area contributed by atoms with Gasteiger partial charge < -0.3 is 10.1 Å². The number of hydrogen-bond acceptors (Lipinski definition) is 4. The van der Waals surface area contributed by atoms with Gasteiger partial charge >= 0.3 is 0 Å². The number of hydrogen-bond donors (Lipinski definition) is 1. The molecule has 26 heavy (non-hydrogen) atoms. The van der Waals surface area contributed by atoms with E-state index in [1.165, 1.54) is 7.11 Å². The number of rotatable bonds is 7. The molecule has 0 aliphatic rings. The number of aryl methyl sites for hydroxylation is 1. The zero-order valence-corrected chi connectivity index (χ0v) is 16.2. The number of methoxy groups -OCH3 is 1. The molecule has 0 saturated heterocycles. The van der Waals surface area contributed by atoms with E-state index in [1.54, 1.807) is 24.3 Å². The smallest absolute Gasteiger partial charge is 0.241 e. The molecule has 0 aromatic heterocycles. The minimum Gasteiger partial charge on any atom is -0.497 e. The molecule has 2 aromatic carbocycles. The molecular formula is C19H24N2O4S. The van der Waals surface area contributed by atoms with Crippen LogP contribution in [-0.4, -0.2) is 34.2 Å². The highest BCUT2D eigenvalue weighted by Crippen LogP contribution is 2.23.